The molecule has 0 spiro atoms. The molecule has 0 saturated heterocycles. The van der Waals surface area contributed by atoms with Gasteiger partial charge >= 0.3 is 0 Å². The Labute approximate surface area is 173 Å². The Morgan fingerprint density at radius 1 is 1.00 bits per heavy atom. The van der Waals surface area contributed by atoms with Gasteiger partial charge in [-0.25, -0.2) is 0 Å². The number of fused-ring (bicyclic) bond motifs is 2. The van der Waals surface area contributed by atoms with Gasteiger partial charge in [0.2, 0.25) is 0 Å². The molecule has 154 valence electrons. The molecule has 0 heterocycles. The molecule has 2 aromatic carbocycles. The van der Waals surface area contributed by atoms with Crippen molar-refractivity contribution in [1.82, 2.24) is 5.32 Å². The standard InChI is InChI=1S/C25H31NO3/c1-18(2)28-24-9-4-3-8-23(24)27-13-12-26-17-20-6-5-7-22(15-20)29-25-16-19-10-11-21(25)14-19/h3-11,15,18-19,21,25-26H,12-14,16-17H2,1-2H3. The lowest BCUT2D eigenvalue weighted by Crippen LogP contribution is -2.22. The highest BCUT2D eigenvalue weighted by Crippen LogP contribution is 2.41. The van der Waals surface area contributed by atoms with Gasteiger partial charge in [0.1, 0.15) is 18.5 Å². The van der Waals surface area contributed by atoms with Crippen molar-refractivity contribution in [2.45, 2.75) is 45.4 Å². The van der Waals surface area contributed by atoms with Crippen LogP contribution in [0, 0.1) is 11.8 Å². The first-order chi connectivity index (χ1) is 14.2. The average Bonchev–Trinajstić information content (AvgIpc) is 3.32. The first-order valence-corrected chi connectivity index (χ1v) is 10.7. The minimum absolute atomic E-state index is 0.128. The average molecular weight is 394 g/mol. The van der Waals surface area contributed by atoms with Gasteiger partial charge in [0.25, 0.3) is 0 Å². The first kappa shape index (κ1) is 19.8. The molecule has 1 fully saturated rings. The molecule has 0 amide bonds. The predicted octanol–water partition coefficient (Wildman–Crippen LogP) is 4.99. The highest BCUT2D eigenvalue weighted by Gasteiger charge is 2.37. The van der Waals surface area contributed by atoms with Crippen molar-refractivity contribution >= 4 is 0 Å². The maximum Gasteiger partial charge on any atom is 0.161 e. The number of allylic oxidation sites excluding steroid dienone is 1. The monoisotopic (exact) mass is 393 g/mol. The van der Waals surface area contributed by atoms with Gasteiger partial charge in [0.05, 0.1) is 6.10 Å². The molecule has 3 atom stereocenters. The second-order valence-corrected chi connectivity index (χ2v) is 8.22. The van der Waals surface area contributed by atoms with E-state index in [1.807, 2.05) is 38.1 Å². The van der Waals surface area contributed by atoms with Crippen LogP contribution in [-0.4, -0.2) is 25.4 Å². The Kier molecular flexibility index (Phi) is 6.40. The van der Waals surface area contributed by atoms with E-state index in [1.54, 1.807) is 0 Å². The van der Waals surface area contributed by atoms with Gasteiger partial charge in [0, 0.05) is 19.0 Å². The predicted molar refractivity (Wildman–Crippen MR) is 116 cm³/mol. The summed E-state index contributed by atoms with van der Waals surface area (Å²) in [5, 5.41) is 3.45. The third kappa shape index (κ3) is 5.33. The molecular weight excluding hydrogens is 362 g/mol. The SMILES string of the molecule is CC(C)Oc1ccccc1OCCNCc1cccc(OC2CC3C=CC2C3)c1. The molecular formula is C25H31NO3. The lowest BCUT2D eigenvalue weighted by atomic mass is 10.0. The summed E-state index contributed by atoms with van der Waals surface area (Å²) in [4.78, 5) is 0. The van der Waals surface area contributed by atoms with Crippen LogP contribution in [0.15, 0.2) is 60.7 Å². The first-order valence-electron chi connectivity index (χ1n) is 10.7. The molecule has 4 rings (SSSR count). The van der Waals surface area contributed by atoms with Crippen LogP contribution in [0.25, 0.3) is 0 Å². The van der Waals surface area contributed by atoms with Crippen molar-refractivity contribution in [3.05, 3.63) is 66.2 Å². The fourth-order valence-electron chi connectivity index (χ4n) is 4.16. The highest BCUT2D eigenvalue weighted by atomic mass is 16.5. The maximum atomic E-state index is 6.26. The van der Waals surface area contributed by atoms with Crippen LogP contribution in [0.5, 0.6) is 17.2 Å². The van der Waals surface area contributed by atoms with E-state index < -0.39 is 0 Å². The Morgan fingerprint density at radius 3 is 2.62 bits per heavy atom. The van der Waals surface area contributed by atoms with Crippen molar-refractivity contribution < 1.29 is 14.2 Å². The maximum absolute atomic E-state index is 6.26. The molecule has 0 aliphatic heterocycles. The molecule has 1 N–H and O–H groups in total. The van der Waals surface area contributed by atoms with E-state index in [4.69, 9.17) is 14.2 Å². The molecule has 29 heavy (non-hydrogen) atoms. The quantitative estimate of drug-likeness (QED) is 0.456. The van der Waals surface area contributed by atoms with E-state index in [9.17, 15) is 0 Å². The summed E-state index contributed by atoms with van der Waals surface area (Å²) < 4.78 is 18.0. The van der Waals surface area contributed by atoms with E-state index in [0.29, 0.717) is 18.6 Å². The Balaban J connectivity index is 1.21. The van der Waals surface area contributed by atoms with E-state index in [1.165, 1.54) is 12.0 Å². The van der Waals surface area contributed by atoms with Crippen LogP contribution in [0.3, 0.4) is 0 Å². The highest BCUT2D eigenvalue weighted by molar-refractivity contribution is 5.39. The fourth-order valence-corrected chi connectivity index (χ4v) is 4.16. The molecule has 2 aliphatic carbocycles. The van der Waals surface area contributed by atoms with E-state index in [-0.39, 0.29) is 6.10 Å². The van der Waals surface area contributed by atoms with Crippen molar-refractivity contribution in [3.8, 4) is 17.2 Å². The Bertz CT molecular complexity index is 832. The number of hydrogen-bond acceptors (Lipinski definition) is 4. The lowest BCUT2D eigenvalue weighted by molar-refractivity contribution is 0.175. The van der Waals surface area contributed by atoms with Gasteiger partial charge in [0.15, 0.2) is 11.5 Å². The van der Waals surface area contributed by atoms with Crippen LogP contribution in [0.2, 0.25) is 0 Å². The summed E-state index contributed by atoms with van der Waals surface area (Å²) in [5.41, 5.74) is 1.23. The number of rotatable bonds is 10. The largest absolute Gasteiger partial charge is 0.490 e. The van der Waals surface area contributed by atoms with Gasteiger partial charge < -0.3 is 19.5 Å². The number of nitrogens with one attached hydrogen (secondary N) is 1. The van der Waals surface area contributed by atoms with E-state index in [0.717, 1.165) is 42.7 Å². The van der Waals surface area contributed by atoms with Crippen LogP contribution in [-0.2, 0) is 6.54 Å². The molecule has 3 unspecified atom stereocenters. The molecule has 1 saturated carbocycles. The molecule has 2 aromatic rings. The minimum Gasteiger partial charge on any atom is -0.490 e. The molecule has 4 heteroatoms. The molecule has 2 bridgehead atoms. The smallest absolute Gasteiger partial charge is 0.161 e. The van der Waals surface area contributed by atoms with Gasteiger partial charge in [-0.15, -0.1) is 0 Å². The van der Waals surface area contributed by atoms with Crippen LogP contribution in [0.4, 0.5) is 0 Å². The summed E-state index contributed by atoms with van der Waals surface area (Å²) in [6.45, 7) is 6.18. The molecule has 2 aliphatic rings. The summed E-state index contributed by atoms with van der Waals surface area (Å²) in [7, 11) is 0. The van der Waals surface area contributed by atoms with Gasteiger partial charge in [-0.05, 0) is 62.4 Å². The van der Waals surface area contributed by atoms with E-state index >= 15 is 0 Å². The van der Waals surface area contributed by atoms with Gasteiger partial charge in [-0.2, -0.15) is 0 Å². The summed E-state index contributed by atoms with van der Waals surface area (Å²) in [6, 6.07) is 16.2. The third-order valence-corrected chi connectivity index (χ3v) is 5.48. The van der Waals surface area contributed by atoms with Crippen molar-refractivity contribution in [1.29, 1.82) is 0 Å². The van der Waals surface area contributed by atoms with E-state index in [2.05, 4.69) is 41.7 Å². The number of hydrogen-bond donors (Lipinski definition) is 1. The molecule has 0 aromatic heterocycles. The molecule has 4 nitrogen and oxygen atoms in total. The lowest BCUT2D eigenvalue weighted by Gasteiger charge is -2.20. The Hall–Kier alpha value is -2.46. The zero-order valence-corrected chi connectivity index (χ0v) is 17.3. The Morgan fingerprint density at radius 2 is 1.86 bits per heavy atom. The van der Waals surface area contributed by atoms with Crippen molar-refractivity contribution in [2.75, 3.05) is 13.2 Å². The number of para-hydroxylation sites is 2. The van der Waals surface area contributed by atoms with Crippen molar-refractivity contribution in [3.63, 3.8) is 0 Å². The molecule has 0 radical (unpaired) electrons. The third-order valence-electron chi connectivity index (χ3n) is 5.48. The number of ether oxygens (including phenoxy) is 3. The topological polar surface area (TPSA) is 39.7 Å². The fraction of sp³-hybridized carbons (Fsp3) is 0.440. The van der Waals surface area contributed by atoms with Gasteiger partial charge in [-0.1, -0.05) is 36.4 Å². The second kappa shape index (κ2) is 9.36. The second-order valence-electron chi connectivity index (χ2n) is 8.22. The van der Waals surface area contributed by atoms with Crippen LogP contribution < -0.4 is 19.5 Å². The summed E-state index contributed by atoms with van der Waals surface area (Å²) >= 11 is 0. The van der Waals surface area contributed by atoms with Gasteiger partial charge in [-0.3, -0.25) is 0 Å². The minimum atomic E-state index is 0.128. The summed E-state index contributed by atoms with van der Waals surface area (Å²) in [5.74, 6) is 3.89. The van der Waals surface area contributed by atoms with Crippen LogP contribution >= 0.6 is 0 Å². The normalized spacial score (nSPS) is 22.2. The number of benzene rings is 2. The van der Waals surface area contributed by atoms with Crippen molar-refractivity contribution in [2.24, 2.45) is 11.8 Å². The summed E-state index contributed by atoms with van der Waals surface area (Å²) in [6.07, 6.45) is 7.56. The zero-order chi connectivity index (χ0) is 20.1. The zero-order valence-electron chi connectivity index (χ0n) is 17.3. The van der Waals surface area contributed by atoms with Crippen LogP contribution in [0.1, 0.15) is 32.3 Å².